The van der Waals surface area contributed by atoms with Crippen LogP contribution in [0.2, 0.25) is 0 Å². The van der Waals surface area contributed by atoms with Crippen molar-refractivity contribution in [2.45, 2.75) is 0 Å². The van der Waals surface area contributed by atoms with Crippen LogP contribution in [0.15, 0.2) is 373 Å². The Morgan fingerprint density at radius 2 is 0.462 bits per heavy atom. The Morgan fingerprint density at radius 3 is 1.02 bits per heavy atom. The van der Waals surface area contributed by atoms with Crippen LogP contribution in [0.1, 0.15) is 0 Å². The first kappa shape index (κ1) is 58.7. The average molecular weight is 1340 g/mol. The molecule has 23 aromatic rings. The van der Waals surface area contributed by atoms with E-state index in [9.17, 15) is 0 Å². The zero-order valence-electron chi connectivity index (χ0n) is 57.5. The van der Waals surface area contributed by atoms with Gasteiger partial charge in [-0.3, -0.25) is 0 Å². The second-order valence-electron chi connectivity index (χ2n) is 28.7. The molecule has 0 saturated heterocycles. The van der Waals surface area contributed by atoms with Crippen molar-refractivity contribution in [2.75, 3.05) is 0 Å². The lowest BCUT2D eigenvalue weighted by Gasteiger charge is -2.19. The number of rotatable bonds is 7. The summed E-state index contributed by atoms with van der Waals surface area (Å²) in [7, 11) is 0. The molecule has 0 unspecified atom stereocenters. The normalized spacial score (nSPS) is 12.2. The number of fused-ring (bicyclic) bond motifs is 23. The van der Waals surface area contributed by atoms with Crippen LogP contribution < -0.4 is 0 Å². The van der Waals surface area contributed by atoms with Crippen molar-refractivity contribution in [3.8, 4) is 77.9 Å². The molecule has 106 heavy (non-hydrogen) atoms. The molecular formula is C104H60O2. The molecule has 0 aliphatic carbocycles. The SMILES string of the molecule is c1cc(-c2ccc3c4ccccc4c4ccccc4c3c2)cc(-c2c3ccccc3c(-c3ccc4oc5c(-c6ccc7c(-c8cccc(-c9c%10ccccc%10c(-c%10ccc%11oc%12ccc%13ccccc%13c%12c%11c%10)c%10ccccc9%10)c8)cc8ccccc8c7c6)cc6ccccc6c5c4c3)c3ccccc23)c1. The van der Waals surface area contributed by atoms with Crippen molar-refractivity contribution in [3.05, 3.63) is 364 Å². The minimum absolute atomic E-state index is 0.857. The monoisotopic (exact) mass is 1340 g/mol. The van der Waals surface area contributed by atoms with E-state index in [0.717, 1.165) is 82.5 Å². The lowest BCUT2D eigenvalue weighted by Crippen LogP contribution is -1.92. The highest BCUT2D eigenvalue weighted by Crippen LogP contribution is 2.51. The van der Waals surface area contributed by atoms with Gasteiger partial charge in [0.25, 0.3) is 0 Å². The highest BCUT2D eigenvalue weighted by atomic mass is 16.3. The fourth-order valence-electron chi connectivity index (χ4n) is 18.5. The van der Waals surface area contributed by atoms with E-state index in [1.165, 1.54) is 158 Å². The summed E-state index contributed by atoms with van der Waals surface area (Å²) in [5, 5.41) is 31.3. The molecule has 488 valence electrons. The Kier molecular flexibility index (Phi) is 12.6. The van der Waals surface area contributed by atoms with Gasteiger partial charge in [0.2, 0.25) is 0 Å². The number of furan rings is 2. The van der Waals surface area contributed by atoms with Crippen LogP contribution in [0.5, 0.6) is 0 Å². The van der Waals surface area contributed by atoms with E-state index in [4.69, 9.17) is 8.83 Å². The minimum atomic E-state index is 0.857. The van der Waals surface area contributed by atoms with Crippen LogP contribution in [0, 0.1) is 0 Å². The molecule has 0 bridgehead atoms. The zero-order chi connectivity index (χ0) is 69.2. The molecule has 0 spiro atoms. The van der Waals surface area contributed by atoms with E-state index in [2.05, 4.69) is 364 Å². The number of benzene rings is 21. The summed E-state index contributed by atoms with van der Waals surface area (Å²) in [6.07, 6.45) is 0. The molecule has 0 amide bonds. The summed E-state index contributed by atoms with van der Waals surface area (Å²) in [4.78, 5) is 0. The van der Waals surface area contributed by atoms with Gasteiger partial charge in [-0.05, 0) is 258 Å². The third-order valence-electron chi connectivity index (χ3n) is 23.1. The van der Waals surface area contributed by atoms with E-state index in [-0.39, 0.29) is 0 Å². The Hall–Kier alpha value is -13.9. The van der Waals surface area contributed by atoms with Gasteiger partial charge in [0.15, 0.2) is 0 Å². The predicted octanol–water partition coefficient (Wildman–Crippen LogP) is 29.8. The third-order valence-corrected chi connectivity index (χ3v) is 23.1. The van der Waals surface area contributed by atoms with Crippen LogP contribution in [-0.2, 0) is 0 Å². The van der Waals surface area contributed by atoms with Crippen LogP contribution in [0.25, 0.3) is 240 Å². The first-order chi connectivity index (χ1) is 52.6. The van der Waals surface area contributed by atoms with Gasteiger partial charge < -0.3 is 8.83 Å². The van der Waals surface area contributed by atoms with E-state index in [0.29, 0.717) is 0 Å². The van der Waals surface area contributed by atoms with E-state index < -0.39 is 0 Å². The van der Waals surface area contributed by atoms with Crippen molar-refractivity contribution in [1.82, 2.24) is 0 Å². The van der Waals surface area contributed by atoms with Gasteiger partial charge in [0, 0.05) is 27.1 Å². The molecule has 0 aliphatic rings. The van der Waals surface area contributed by atoms with Crippen LogP contribution in [0.3, 0.4) is 0 Å². The van der Waals surface area contributed by atoms with Crippen molar-refractivity contribution in [3.63, 3.8) is 0 Å². The topological polar surface area (TPSA) is 26.3 Å². The maximum absolute atomic E-state index is 7.28. The maximum atomic E-state index is 7.28. The minimum Gasteiger partial charge on any atom is -0.456 e. The standard InChI is InChI=1S/C104H60O2/c1-5-29-73-61(21-1)45-52-97-102(73)93-59-70(46-50-95(93)105-97)100-87-41-17-13-37-83(87)99(84-38-14-18-42-88(84)100)69-27-20-25-64(54-69)89-56-65-22-2-4-28-72(65)91-58-67(44-49-80(89)91)90-57-66-23-3-6-30-74(66)103-94-60-71(47-51-96(94)106-104(90)103)101-85-39-15-11-35-81(85)98(82-36-12-16-40-86(82)101)68-26-19-24-62(53-68)63-43-48-79-77-33-8-7-31-75(77)76-32-9-10-34-78(76)92(79)55-63/h1-60H. The molecule has 0 fully saturated rings. The van der Waals surface area contributed by atoms with Crippen LogP contribution in [0.4, 0.5) is 0 Å². The summed E-state index contributed by atoms with van der Waals surface area (Å²) in [6.45, 7) is 0. The van der Waals surface area contributed by atoms with Crippen molar-refractivity contribution < 1.29 is 8.83 Å². The van der Waals surface area contributed by atoms with Gasteiger partial charge in [0.05, 0.1) is 0 Å². The Balaban J connectivity index is 0.651. The van der Waals surface area contributed by atoms with Gasteiger partial charge in [0.1, 0.15) is 22.3 Å². The predicted molar refractivity (Wildman–Crippen MR) is 452 cm³/mol. The zero-order valence-corrected chi connectivity index (χ0v) is 57.5. The van der Waals surface area contributed by atoms with Crippen LogP contribution >= 0.6 is 0 Å². The Labute approximate surface area is 609 Å². The third kappa shape index (κ3) is 8.73. The average Bonchev–Trinajstić information content (AvgIpc) is 1.34. The lowest BCUT2D eigenvalue weighted by atomic mass is 9.84. The molecule has 0 saturated carbocycles. The van der Waals surface area contributed by atoms with Gasteiger partial charge >= 0.3 is 0 Å². The Morgan fingerprint density at radius 1 is 0.142 bits per heavy atom. The molecule has 23 rings (SSSR count). The van der Waals surface area contributed by atoms with Crippen molar-refractivity contribution in [2.24, 2.45) is 0 Å². The molecule has 2 aromatic heterocycles. The second kappa shape index (κ2) is 22.8. The summed E-state index contributed by atoms with van der Waals surface area (Å²) in [5.41, 5.74) is 20.0. The highest BCUT2D eigenvalue weighted by Gasteiger charge is 2.25. The molecule has 0 atom stereocenters. The maximum Gasteiger partial charge on any atom is 0.143 e. The van der Waals surface area contributed by atoms with E-state index >= 15 is 0 Å². The van der Waals surface area contributed by atoms with E-state index in [1.54, 1.807) is 0 Å². The van der Waals surface area contributed by atoms with Gasteiger partial charge in [-0.2, -0.15) is 0 Å². The molecule has 2 heteroatoms. The largest absolute Gasteiger partial charge is 0.456 e. The fourth-order valence-corrected chi connectivity index (χ4v) is 18.5. The molecule has 0 radical (unpaired) electrons. The van der Waals surface area contributed by atoms with Crippen molar-refractivity contribution in [1.29, 1.82) is 0 Å². The molecule has 0 N–H and O–H groups in total. The van der Waals surface area contributed by atoms with Gasteiger partial charge in [-0.25, -0.2) is 0 Å². The second-order valence-corrected chi connectivity index (χ2v) is 28.7. The Bertz CT molecular complexity index is 7620. The highest BCUT2D eigenvalue weighted by molar-refractivity contribution is 6.30. The quantitative estimate of drug-likeness (QED) is 0.117. The molecular weight excluding hydrogens is 1280 g/mol. The van der Waals surface area contributed by atoms with Crippen LogP contribution in [-0.4, -0.2) is 0 Å². The number of hydrogen-bond acceptors (Lipinski definition) is 2. The molecule has 2 nitrogen and oxygen atoms in total. The molecule has 2 heterocycles. The molecule has 21 aromatic carbocycles. The first-order valence-electron chi connectivity index (χ1n) is 36.7. The van der Waals surface area contributed by atoms with Gasteiger partial charge in [-0.15, -0.1) is 0 Å². The summed E-state index contributed by atoms with van der Waals surface area (Å²) >= 11 is 0. The van der Waals surface area contributed by atoms with E-state index in [1.807, 2.05) is 0 Å². The summed E-state index contributed by atoms with van der Waals surface area (Å²) < 4.78 is 13.8. The summed E-state index contributed by atoms with van der Waals surface area (Å²) in [6, 6.07) is 135. The first-order valence-corrected chi connectivity index (χ1v) is 36.7. The molecule has 0 aliphatic heterocycles. The van der Waals surface area contributed by atoms with Gasteiger partial charge in [-0.1, -0.05) is 297 Å². The summed E-state index contributed by atoms with van der Waals surface area (Å²) in [5.74, 6) is 0. The lowest BCUT2D eigenvalue weighted by molar-refractivity contribution is 0.669. The van der Waals surface area contributed by atoms with Crippen molar-refractivity contribution >= 4 is 162 Å². The fraction of sp³-hybridized carbons (Fsp3) is 0. The smallest absolute Gasteiger partial charge is 0.143 e. The number of hydrogen-bond donors (Lipinski definition) is 0.